The first-order valence-corrected chi connectivity index (χ1v) is 5.32. The Balaban J connectivity index is 2.12. The van der Waals surface area contributed by atoms with Crippen molar-refractivity contribution in [3.63, 3.8) is 0 Å². The minimum Gasteiger partial charge on any atom is -0.324 e. The summed E-state index contributed by atoms with van der Waals surface area (Å²) in [5.74, 6) is 0. The summed E-state index contributed by atoms with van der Waals surface area (Å²) in [7, 11) is 0. The standard InChI is InChI=1S/C13H15N3/c1-10-5-12(9-16-7-10)13(14)6-11-3-2-4-15-8-11/h2-5,7-9,13H,6,14H2,1H3. The lowest BCUT2D eigenvalue weighted by Crippen LogP contribution is -2.13. The van der Waals surface area contributed by atoms with E-state index in [9.17, 15) is 0 Å². The van der Waals surface area contributed by atoms with Crippen LogP contribution >= 0.6 is 0 Å². The third-order valence-electron chi connectivity index (χ3n) is 2.50. The second-order valence-electron chi connectivity index (χ2n) is 3.97. The average molecular weight is 213 g/mol. The van der Waals surface area contributed by atoms with Gasteiger partial charge in [-0.1, -0.05) is 12.1 Å². The third-order valence-corrected chi connectivity index (χ3v) is 2.50. The van der Waals surface area contributed by atoms with Crippen LogP contribution in [0.1, 0.15) is 22.7 Å². The van der Waals surface area contributed by atoms with Crippen LogP contribution in [0, 0.1) is 6.92 Å². The number of aromatic nitrogens is 2. The van der Waals surface area contributed by atoms with E-state index < -0.39 is 0 Å². The number of rotatable bonds is 3. The average Bonchev–Trinajstić information content (AvgIpc) is 2.30. The van der Waals surface area contributed by atoms with Gasteiger partial charge >= 0.3 is 0 Å². The first kappa shape index (κ1) is 10.8. The Morgan fingerprint density at radius 1 is 1.25 bits per heavy atom. The summed E-state index contributed by atoms with van der Waals surface area (Å²) in [6.45, 7) is 2.02. The molecule has 0 saturated carbocycles. The highest BCUT2D eigenvalue weighted by molar-refractivity contribution is 5.22. The maximum Gasteiger partial charge on any atom is 0.0351 e. The molecule has 0 aliphatic heterocycles. The van der Waals surface area contributed by atoms with E-state index in [1.165, 1.54) is 0 Å². The summed E-state index contributed by atoms with van der Waals surface area (Å²) in [4.78, 5) is 8.23. The van der Waals surface area contributed by atoms with Crippen molar-refractivity contribution < 1.29 is 0 Å². The topological polar surface area (TPSA) is 51.8 Å². The third kappa shape index (κ3) is 2.64. The minimum absolute atomic E-state index is 0.0170. The molecule has 0 amide bonds. The van der Waals surface area contributed by atoms with Crippen molar-refractivity contribution in [1.29, 1.82) is 0 Å². The van der Waals surface area contributed by atoms with Crippen LogP contribution in [-0.2, 0) is 6.42 Å². The molecule has 0 saturated heterocycles. The van der Waals surface area contributed by atoms with Gasteiger partial charge in [0.15, 0.2) is 0 Å². The van der Waals surface area contributed by atoms with Crippen molar-refractivity contribution in [2.45, 2.75) is 19.4 Å². The van der Waals surface area contributed by atoms with Crippen molar-refractivity contribution in [2.75, 3.05) is 0 Å². The maximum absolute atomic E-state index is 6.13. The molecule has 16 heavy (non-hydrogen) atoms. The molecule has 1 atom stereocenters. The molecule has 0 spiro atoms. The number of hydrogen-bond donors (Lipinski definition) is 1. The molecule has 1 unspecified atom stereocenters. The van der Waals surface area contributed by atoms with E-state index in [1.54, 1.807) is 6.20 Å². The van der Waals surface area contributed by atoms with E-state index >= 15 is 0 Å². The predicted octanol–water partition coefficient (Wildman–Crippen LogP) is 2.03. The van der Waals surface area contributed by atoms with E-state index in [0.29, 0.717) is 0 Å². The molecule has 0 aromatic carbocycles. The molecule has 82 valence electrons. The van der Waals surface area contributed by atoms with E-state index in [4.69, 9.17) is 5.73 Å². The van der Waals surface area contributed by atoms with Gasteiger partial charge in [-0.15, -0.1) is 0 Å². The molecule has 0 radical (unpaired) electrons. The summed E-state index contributed by atoms with van der Waals surface area (Å²) < 4.78 is 0. The zero-order valence-corrected chi connectivity index (χ0v) is 9.30. The number of pyridine rings is 2. The Bertz CT molecular complexity index is 454. The fraction of sp³-hybridized carbons (Fsp3) is 0.231. The molecule has 2 rings (SSSR count). The maximum atomic E-state index is 6.13. The van der Waals surface area contributed by atoms with Gasteiger partial charge in [-0.25, -0.2) is 0 Å². The smallest absolute Gasteiger partial charge is 0.0351 e. The highest BCUT2D eigenvalue weighted by Gasteiger charge is 2.07. The van der Waals surface area contributed by atoms with E-state index in [1.807, 2.05) is 37.6 Å². The zero-order chi connectivity index (χ0) is 11.4. The van der Waals surface area contributed by atoms with Gasteiger partial charge in [0.25, 0.3) is 0 Å². The summed E-state index contributed by atoms with van der Waals surface area (Å²) in [5.41, 5.74) is 9.49. The van der Waals surface area contributed by atoms with Crippen LogP contribution in [0.3, 0.4) is 0 Å². The van der Waals surface area contributed by atoms with Crippen LogP contribution in [0.25, 0.3) is 0 Å². The quantitative estimate of drug-likeness (QED) is 0.848. The molecular weight excluding hydrogens is 198 g/mol. The summed E-state index contributed by atoms with van der Waals surface area (Å²) >= 11 is 0. The monoisotopic (exact) mass is 213 g/mol. The molecule has 2 aromatic rings. The Morgan fingerprint density at radius 2 is 2.12 bits per heavy atom. The van der Waals surface area contributed by atoms with Gasteiger partial charge in [-0.2, -0.15) is 0 Å². The molecule has 2 aromatic heterocycles. The molecule has 2 N–H and O–H groups in total. The minimum atomic E-state index is -0.0170. The van der Waals surface area contributed by atoms with Crippen molar-refractivity contribution in [1.82, 2.24) is 9.97 Å². The molecule has 0 aliphatic carbocycles. The molecule has 2 heterocycles. The lowest BCUT2D eigenvalue weighted by atomic mass is 10.0. The Hall–Kier alpha value is -1.74. The molecule has 0 aliphatic rings. The molecule has 0 fully saturated rings. The van der Waals surface area contributed by atoms with Gasteiger partial charge in [-0.3, -0.25) is 9.97 Å². The predicted molar refractivity (Wildman–Crippen MR) is 63.8 cm³/mol. The van der Waals surface area contributed by atoms with Crippen molar-refractivity contribution in [3.8, 4) is 0 Å². The van der Waals surface area contributed by atoms with Gasteiger partial charge in [0, 0.05) is 30.8 Å². The lowest BCUT2D eigenvalue weighted by Gasteiger charge is -2.11. The Morgan fingerprint density at radius 3 is 2.81 bits per heavy atom. The fourth-order valence-corrected chi connectivity index (χ4v) is 1.67. The van der Waals surface area contributed by atoms with Gasteiger partial charge in [0.1, 0.15) is 0 Å². The normalized spacial score (nSPS) is 12.4. The fourth-order valence-electron chi connectivity index (χ4n) is 1.67. The van der Waals surface area contributed by atoms with Gasteiger partial charge in [-0.05, 0) is 36.1 Å². The van der Waals surface area contributed by atoms with Crippen LogP contribution in [0.2, 0.25) is 0 Å². The molecule has 0 bridgehead atoms. The van der Waals surface area contributed by atoms with Gasteiger partial charge < -0.3 is 5.73 Å². The zero-order valence-electron chi connectivity index (χ0n) is 9.30. The number of aryl methyl sites for hydroxylation is 1. The Labute approximate surface area is 95.4 Å². The second-order valence-corrected chi connectivity index (χ2v) is 3.97. The van der Waals surface area contributed by atoms with Crippen molar-refractivity contribution in [3.05, 3.63) is 59.7 Å². The number of nitrogens with two attached hydrogens (primary N) is 1. The van der Waals surface area contributed by atoms with Crippen LogP contribution in [-0.4, -0.2) is 9.97 Å². The molecular formula is C13H15N3. The summed E-state index contributed by atoms with van der Waals surface area (Å²) in [5, 5.41) is 0. The van der Waals surface area contributed by atoms with Gasteiger partial charge in [0.2, 0.25) is 0 Å². The Kier molecular flexibility index (Phi) is 3.27. The van der Waals surface area contributed by atoms with E-state index in [2.05, 4.69) is 16.0 Å². The van der Waals surface area contributed by atoms with Crippen LogP contribution in [0.5, 0.6) is 0 Å². The highest BCUT2D eigenvalue weighted by atomic mass is 14.7. The first-order chi connectivity index (χ1) is 7.75. The summed E-state index contributed by atoms with van der Waals surface area (Å²) in [6.07, 6.45) is 8.07. The molecule has 3 nitrogen and oxygen atoms in total. The molecule has 3 heteroatoms. The number of nitrogens with zero attached hydrogens (tertiary/aromatic N) is 2. The largest absolute Gasteiger partial charge is 0.324 e. The van der Waals surface area contributed by atoms with E-state index in [0.717, 1.165) is 23.1 Å². The summed E-state index contributed by atoms with van der Waals surface area (Å²) in [6, 6.07) is 6.03. The first-order valence-electron chi connectivity index (χ1n) is 5.32. The lowest BCUT2D eigenvalue weighted by molar-refractivity contribution is 0.715. The van der Waals surface area contributed by atoms with Crippen LogP contribution < -0.4 is 5.73 Å². The number of hydrogen-bond acceptors (Lipinski definition) is 3. The van der Waals surface area contributed by atoms with E-state index in [-0.39, 0.29) is 6.04 Å². The highest BCUT2D eigenvalue weighted by Crippen LogP contribution is 2.15. The van der Waals surface area contributed by atoms with Crippen LogP contribution in [0.4, 0.5) is 0 Å². The van der Waals surface area contributed by atoms with Gasteiger partial charge in [0.05, 0.1) is 0 Å². The second kappa shape index (κ2) is 4.86. The van der Waals surface area contributed by atoms with Crippen LogP contribution in [0.15, 0.2) is 43.0 Å². The van der Waals surface area contributed by atoms with Crippen molar-refractivity contribution in [2.24, 2.45) is 5.73 Å². The SMILES string of the molecule is Cc1cncc(C(N)Cc2cccnc2)c1. The van der Waals surface area contributed by atoms with Crippen molar-refractivity contribution >= 4 is 0 Å².